The van der Waals surface area contributed by atoms with Gasteiger partial charge in [0.15, 0.2) is 5.13 Å². The minimum Gasteiger partial charge on any atom is -0.302 e. The quantitative estimate of drug-likeness (QED) is 0.818. The summed E-state index contributed by atoms with van der Waals surface area (Å²) in [6.45, 7) is 1.49. The third-order valence-corrected chi connectivity index (χ3v) is 3.54. The summed E-state index contributed by atoms with van der Waals surface area (Å²) in [7, 11) is 0. The van der Waals surface area contributed by atoms with Crippen molar-refractivity contribution in [3.63, 3.8) is 0 Å². The Labute approximate surface area is 95.9 Å². The van der Waals surface area contributed by atoms with Gasteiger partial charge in [0.05, 0.1) is 10.2 Å². The van der Waals surface area contributed by atoms with Gasteiger partial charge in [-0.1, -0.05) is 11.3 Å². The van der Waals surface area contributed by atoms with Gasteiger partial charge in [-0.3, -0.25) is 4.79 Å². The van der Waals surface area contributed by atoms with Crippen LogP contribution in [0.3, 0.4) is 0 Å². The fourth-order valence-corrected chi connectivity index (χ4v) is 2.70. The van der Waals surface area contributed by atoms with Gasteiger partial charge in [-0.05, 0) is 24.5 Å². The van der Waals surface area contributed by atoms with E-state index in [4.69, 9.17) is 0 Å². The van der Waals surface area contributed by atoms with Crippen LogP contribution in [0.25, 0.3) is 10.2 Å². The third kappa shape index (κ3) is 2.30. The van der Waals surface area contributed by atoms with Gasteiger partial charge in [-0.2, -0.15) is 0 Å². The fraction of sp³-hybridized carbons (Fsp3) is 0.200. The largest absolute Gasteiger partial charge is 0.302 e. The second-order valence-corrected chi connectivity index (χ2v) is 4.94. The average Bonchev–Trinajstić information content (AvgIpc) is 2.57. The first-order valence-electron chi connectivity index (χ1n) is 4.41. The van der Waals surface area contributed by atoms with Crippen LogP contribution in [0.15, 0.2) is 23.1 Å². The monoisotopic (exact) mass is 238 g/mol. The van der Waals surface area contributed by atoms with Gasteiger partial charge in [0.2, 0.25) is 5.91 Å². The highest BCUT2D eigenvalue weighted by Gasteiger charge is 2.05. The maximum atomic E-state index is 10.9. The number of thiazole rings is 1. The summed E-state index contributed by atoms with van der Waals surface area (Å²) in [6.07, 6.45) is 2.04. The first-order valence-corrected chi connectivity index (χ1v) is 6.45. The molecule has 1 amide bonds. The molecule has 0 unspecified atom stereocenters. The van der Waals surface area contributed by atoms with Crippen molar-refractivity contribution in [2.24, 2.45) is 0 Å². The number of amides is 1. The van der Waals surface area contributed by atoms with E-state index in [0.717, 1.165) is 10.2 Å². The Morgan fingerprint density at radius 1 is 1.53 bits per heavy atom. The summed E-state index contributed by atoms with van der Waals surface area (Å²) in [5.41, 5.74) is 0.932. The summed E-state index contributed by atoms with van der Waals surface area (Å²) in [4.78, 5) is 16.4. The number of hydrogen-bond donors (Lipinski definition) is 1. The Kier molecular flexibility index (Phi) is 2.93. The molecule has 0 bridgehead atoms. The maximum absolute atomic E-state index is 10.9. The van der Waals surface area contributed by atoms with Crippen LogP contribution < -0.4 is 5.32 Å². The number of anilines is 1. The number of thioether (sulfide) groups is 1. The fourth-order valence-electron chi connectivity index (χ4n) is 1.24. The van der Waals surface area contributed by atoms with E-state index < -0.39 is 0 Å². The van der Waals surface area contributed by atoms with Crippen molar-refractivity contribution in [2.75, 3.05) is 11.6 Å². The zero-order valence-electron chi connectivity index (χ0n) is 8.40. The van der Waals surface area contributed by atoms with E-state index in [2.05, 4.69) is 16.4 Å². The summed E-state index contributed by atoms with van der Waals surface area (Å²) in [5, 5.41) is 3.36. The number of carbonyl (C=O) groups is 1. The zero-order valence-corrected chi connectivity index (χ0v) is 10.0. The van der Waals surface area contributed by atoms with Crippen molar-refractivity contribution in [1.29, 1.82) is 0 Å². The average molecular weight is 238 g/mol. The molecule has 0 atom stereocenters. The van der Waals surface area contributed by atoms with Crippen molar-refractivity contribution in [3.8, 4) is 0 Å². The van der Waals surface area contributed by atoms with E-state index in [1.807, 2.05) is 18.4 Å². The number of rotatable bonds is 2. The molecule has 0 saturated heterocycles. The molecular formula is C10H10N2OS2. The van der Waals surface area contributed by atoms with Crippen LogP contribution in [0.5, 0.6) is 0 Å². The van der Waals surface area contributed by atoms with Crippen molar-refractivity contribution >= 4 is 44.4 Å². The molecule has 15 heavy (non-hydrogen) atoms. The number of benzene rings is 1. The van der Waals surface area contributed by atoms with Crippen LogP contribution >= 0.6 is 23.1 Å². The van der Waals surface area contributed by atoms with Crippen molar-refractivity contribution in [3.05, 3.63) is 18.2 Å². The van der Waals surface area contributed by atoms with Crippen LogP contribution in [-0.2, 0) is 4.79 Å². The van der Waals surface area contributed by atoms with Crippen LogP contribution in [0.4, 0.5) is 5.13 Å². The van der Waals surface area contributed by atoms with E-state index in [1.165, 1.54) is 23.2 Å². The Hall–Kier alpha value is -1.07. The molecule has 1 aromatic carbocycles. The lowest BCUT2D eigenvalue weighted by Gasteiger charge is -1.92. The number of fused-ring (bicyclic) bond motifs is 1. The smallest absolute Gasteiger partial charge is 0.223 e. The number of carbonyl (C=O) groups excluding carboxylic acids is 1. The molecule has 1 aromatic heterocycles. The minimum atomic E-state index is -0.0841. The van der Waals surface area contributed by atoms with Gasteiger partial charge in [0.1, 0.15) is 0 Å². The van der Waals surface area contributed by atoms with Crippen LogP contribution in [0.2, 0.25) is 0 Å². The lowest BCUT2D eigenvalue weighted by atomic mass is 10.3. The summed E-state index contributed by atoms with van der Waals surface area (Å²) >= 11 is 3.20. The second-order valence-electron chi connectivity index (χ2n) is 3.03. The van der Waals surface area contributed by atoms with Gasteiger partial charge in [-0.15, -0.1) is 11.8 Å². The molecular weight excluding hydrogens is 228 g/mol. The van der Waals surface area contributed by atoms with Gasteiger partial charge in [0.25, 0.3) is 0 Å². The van der Waals surface area contributed by atoms with Gasteiger partial charge < -0.3 is 5.32 Å². The lowest BCUT2D eigenvalue weighted by Crippen LogP contribution is -2.04. The topological polar surface area (TPSA) is 42.0 Å². The van der Waals surface area contributed by atoms with Crippen molar-refractivity contribution < 1.29 is 4.79 Å². The summed E-state index contributed by atoms with van der Waals surface area (Å²) in [6, 6.07) is 6.09. The highest BCUT2D eigenvalue weighted by atomic mass is 32.2. The number of nitrogens with zero attached hydrogens (tertiary/aromatic N) is 1. The zero-order chi connectivity index (χ0) is 10.8. The van der Waals surface area contributed by atoms with Crippen LogP contribution in [0, 0.1) is 0 Å². The summed E-state index contributed by atoms with van der Waals surface area (Å²) < 4.78 is 1.10. The molecule has 2 rings (SSSR count). The number of hydrogen-bond acceptors (Lipinski definition) is 4. The molecule has 0 aliphatic heterocycles. The molecule has 2 aromatic rings. The lowest BCUT2D eigenvalue weighted by molar-refractivity contribution is -0.114. The first-order chi connectivity index (χ1) is 7.19. The predicted molar refractivity (Wildman–Crippen MR) is 65.7 cm³/mol. The van der Waals surface area contributed by atoms with E-state index >= 15 is 0 Å². The van der Waals surface area contributed by atoms with E-state index in [1.54, 1.807) is 11.8 Å². The summed E-state index contributed by atoms with van der Waals surface area (Å²) in [5.74, 6) is -0.0841. The molecule has 0 spiro atoms. The Bertz CT molecular complexity index is 507. The molecule has 0 fully saturated rings. The molecule has 1 N–H and O–H groups in total. The second kappa shape index (κ2) is 4.20. The minimum absolute atomic E-state index is 0.0841. The van der Waals surface area contributed by atoms with Crippen molar-refractivity contribution in [2.45, 2.75) is 11.8 Å². The van der Waals surface area contributed by atoms with Crippen molar-refractivity contribution in [1.82, 2.24) is 4.98 Å². The maximum Gasteiger partial charge on any atom is 0.223 e. The molecule has 5 heteroatoms. The molecule has 0 saturated carbocycles. The normalized spacial score (nSPS) is 10.5. The number of nitrogens with one attached hydrogen (secondary N) is 1. The SMILES string of the molecule is CSc1ccc2nc(NC(C)=O)sc2c1. The van der Waals surface area contributed by atoms with Crippen LogP contribution in [-0.4, -0.2) is 17.1 Å². The molecule has 0 aliphatic carbocycles. The molecule has 3 nitrogen and oxygen atoms in total. The van der Waals surface area contributed by atoms with Crippen LogP contribution in [0.1, 0.15) is 6.92 Å². The highest BCUT2D eigenvalue weighted by molar-refractivity contribution is 7.98. The molecule has 1 heterocycles. The Morgan fingerprint density at radius 3 is 3.00 bits per heavy atom. The van der Waals surface area contributed by atoms with Gasteiger partial charge >= 0.3 is 0 Å². The highest BCUT2D eigenvalue weighted by Crippen LogP contribution is 2.29. The van der Waals surface area contributed by atoms with Gasteiger partial charge in [-0.25, -0.2) is 4.98 Å². The molecule has 0 radical (unpaired) electrons. The Balaban J connectivity index is 2.42. The molecule has 0 aliphatic rings. The van der Waals surface area contributed by atoms with E-state index in [-0.39, 0.29) is 5.91 Å². The van der Waals surface area contributed by atoms with E-state index in [0.29, 0.717) is 5.13 Å². The first kappa shape index (κ1) is 10.4. The standard InChI is InChI=1S/C10H10N2OS2/c1-6(13)11-10-12-8-4-3-7(14-2)5-9(8)15-10/h3-5H,1-2H3,(H,11,12,13). The van der Waals surface area contributed by atoms with Gasteiger partial charge in [0, 0.05) is 11.8 Å². The third-order valence-electron chi connectivity index (χ3n) is 1.88. The molecule has 78 valence electrons. The predicted octanol–water partition coefficient (Wildman–Crippen LogP) is 2.98. The van der Waals surface area contributed by atoms with E-state index in [9.17, 15) is 4.79 Å². The Morgan fingerprint density at radius 2 is 2.33 bits per heavy atom. The number of aromatic nitrogens is 1.